The van der Waals surface area contributed by atoms with Gasteiger partial charge < -0.3 is 10.2 Å². The average molecular weight is 277 g/mol. The minimum absolute atomic E-state index is 0.139. The molecule has 0 fully saturated rings. The van der Waals surface area contributed by atoms with Crippen molar-refractivity contribution in [1.82, 2.24) is 10.3 Å². The Bertz CT molecular complexity index is 421. The molecule has 0 spiro atoms. The number of aromatic nitrogens is 1. The molecular weight excluding hydrogens is 246 g/mol. The standard InChI is InChI=1S/C17H31N3/c1-8-13(2)12-20(7)16-14(3)9-15(10-18-16)11-19-17(4,5)6/h9-10,13,19H,8,11-12H2,1-7H3. The molecule has 114 valence electrons. The Balaban J connectivity index is 2.72. The second-order valence-electron chi connectivity index (χ2n) is 6.98. The molecule has 1 aromatic rings. The topological polar surface area (TPSA) is 28.2 Å². The van der Waals surface area contributed by atoms with Gasteiger partial charge in [-0.15, -0.1) is 0 Å². The van der Waals surface area contributed by atoms with Gasteiger partial charge in [-0.2, -0.15) is 0 Å². The predicted molar refractivity (Wildman–Crippen MR) is 88.3 cm³/mol. The van der Waals surface area contributed by atoms with Gasteiger partial charge in [0, 0.05) is 31.9 Å². The molecule has 0 saturated heterocycles. The van der Waals surface area contributed by atoms with Crippen molar-refractivity contribution in [1.29, 1.82) is 0 Å². The van der Waals surface area contributed by atoms with Gasteiger partial charge in [0.15, 0.2) is 0 Å². The number of anilines is 1. The highest BCUT2D eigenvalue weighted by atomic mass is 15.2. The van der Waals surface area contributed by atoms with Crippen molar-refractivity contribution < 1.29 is 0 Å². The second kappa shape index (κ2) is 7.07. The van der Waals surface area contributed by atoms with Gasteiger partial charge in [0.2, 0.25) is 0 Å². The molecule has 0 aliphatic heterocycles. The summed E-state index contributed by atoms with van der Waals surface area (Å²) in [6, 6.07) is 2.24. The summed E-state index contributed by atoms with van der Waals surface area (Å²) in [7, 11) is 2.13. The molecule has 0 saturated carbocycles. The molecule has 1 atom stereocenters. The number of hydrogen-bond donors (Lipinski definition) is 1. The normalized spacial score (nSPS) is 13.3. The van der Waals surface area contributed by atoms with E-state index in [4.69, 9.17) is 0 Å². The lowest BCUT2D eigenvalue weighted by molar-refractivity contribution is 0.424. The molecule has 0 aliphatic rings. The van der Waals surface area contributed by atoms with Crippen LogP contribution in [0.25, 0.3) is 0 Å². The van der Waals surface area contributed by atoms with E-state index in [0.717, 1.165) is 18.9 Å². The van der Waals surface area contributed by atoms with E-state index in [2.05, 4.69) is 69.9 Å². The van der Waals surface area contributed by atoms with E-state index in [9.17, 15) is 0 Å². The number of nitrogens with one attached hydrogen (secondary N) is 1. The van der Waals surface area contributed by atoms with Crippen molar-refractivity contribution in [3.8, 4) is 0 Å². The third-order valence-corrected chi connectivity index (χ3v) is 3.57. The Kier molecular flexibility index (Phi) is 6.00. The summed E-state index contributed by atoms with van der Waals surface area (Å²) in [5.41, 5.74) is 2.64. The van der Waals surface area contributed by atoms with Crippen LogP contribution in [0.1, 0.15) is 52.2 Å². The first kappa shape index (κ1) is 17.0. The predicted octanol–water partition coefficient (Wildman–Crippen LogP) is 3.76. The van der Waals surface area contributed by atoms with Gasteiger partial charge in [0.1, 0.15) is 5.82 Å². The Morgan fingerprint density at radius 2 is 2.00 bits per heavy atom. The number of hydrogen-bond acceptors (Lipinski definition) is 3. The maximum Gasteiger partial charge on any atom is 0.131 e. The molecule has 0 amide bonds. The van der Waals surface area contributed by atoms with Crippen molar-refractivity contribution >= 4 is 5.82 Å². The zero-order valence-electron chi connectivity index (χ0n) is 14.2. The SMILES string of the molecule is CCC(C)CN(C)c1ncc(CNC(C)(C)C)cc1C. The highest BCUT2D eigenvalue weighted by Gasteiger charge is 2.12. The van der Waals surface area contributed by atoms with Crippen molar-refractivity contribution in [3.05, 3.63) is 23.4 Å². The minimum atomic E-state index is 0.139. The van der Waals surface area contributed by atoms with Crippen LogP contribution in [0.4, 0.5) is 5.82 Å². The van der Waals surface area contributed by atoms with Crippen LogP contribution in [0, 0.1) is 12.8 Å². The highest BCUT2D eigenvalue weighted by Crippen LogP contribution is 2.18. The van der Waals surface area contributed by atoms with Crippen LogP contribution in [0.5, 0.6) is 0 Å². The smallest absolute Gasteiger partial charge is 0.131 e. The third kappa shape index (κ3) is 5.49. The second-order valence-corrected chi connectivity index (χ2v) is 6.98. The third-order valence-electron chi connectivity index (χ3n) is 3.57. The molecular formula is C17H31N3. The number of pyridine rings is 1. The zero-order valence-corrected chi connectivity index (χ0v) is 14.2. The summed E-state index contributed by atoms with van der Waals surface area (Å²) in [5, 5.41) is 3.50. The van der Waals surface area contributed by atoms with Gasteiger partial charge in [-0.1, -0.05) is 20.3 Å². The van der Waals surface area contributed by atoms with Crippen molar-refractivity contribution in [2.75, 3.05) is 18.5 Å². The fraction of sp³-hybridized carbons (Fsp3) is 0.706. The quantitative estimate of drug-likeness (QED) is 0.858. The van der Waals surface area contributed by atoms with Crippen molar-refractivity contribution in [2.24, 2.45) is 5.92 Å². The number of rotatable bonds is 6. The Hall–Kier alpha value is -1.09. The van der Waals surface area contributed by atoms with Crippen LogP contribution in [-0.2, 0) is 6.54 Å². The van der Waals surface area contributed by atoms with Gasteiger partial charge in [-0.3, -0.25) is 0 Å². The molecule has 0 aliphatic carbocycles. The lowest BCUT2D eigenvalue weighted by Crippen LogP contribution is -2.35. The molecule has 20 heavy (non-hydrogen) atoms. The summed E-state index contributed by atoms with van der Waals surface area (Å²) in [5.74, 6) is 1.80. The summed E-state index contributed by atoms with van der Waals surface area (Å²) in [6.07, 6.45) is 3.20. The molecule has 3 nitrogen and oxygen atoms in total. The summed E-state index contributed by atoms with van der Waals surface area (Å²) >= 11 is 0. The van der Waals surface area contributed by atoms with E-state index < -0.39 is 0 Å². The van der Waals surface area contributed by atoms with Gasteiger partial charge in [-0.25, -0.2) is 4.98 Å². The van der Waals surface area contributed by atoms with Crippen LogP contribution in [-0.4, -0.2) is 24.1 Å². The first-order valence-corrected chi connectivity index (χ1v) is 7.64. The van der Waals surface area contributed by atoms with E-state index in [1.165, 1.54) is 17.5 Å². The Morgan fingerprint density at radius 1 is 1.35 bits per heavy atom. The molecule has 0 bridgehead atoms. The largest absolute Gasteiger partial charge is 0.359 e. The number of nitrogens with zero attached hydrogens (tertiary/aromatic N) is 2. The molecule has 1 heterocycles. The maximum atomic E-state index is 4.65. The van der Waals surface area contributed by atoms with Gasteiger partial charge in [0.05, 0.1) is 0 Å². The van der Waals surface area contributed by atoms with E-state index in [-0.39, 0.29) is 5.54 Å². The highest BCUT2D eigenvalue weighted by molar-refractivity contribution is 5.46. The minimum Gasteiger partial charge on any atom is -0.359 e. The molecule has 1 rings (SSSR count). The average Bonchev–Trinajstić information content (AvgIpc) is 2.35. The fourth-order valence-corrected chi connectivity index (χ4v) is 2.17. The van der Waals surface area contributed by atoms with Crippen LogP contribution in [0.15, 0.2) is 12.3 Å². The van der Waals surface area contributed by atoms with Gasteiger partial charge >= 0.3 is 0 Å². The monoisotopic (exact) mass is 277 g/mol. The molecule has 3 heteroatoms. The Labute approximate surface area is 124 Å². The van der Waals surface area contributed by atoms with Crippen LogP contribution in [0.3, 0.4) is 0 Å². The van der Waals surface area contributed by atoms with Crippen LogP contribution >= 0.6 is 0 Å². The van der Waals surface area contributed by atoms with E-state index in [1.54, 1.807) is 0 Å². The molecule has 0 aromatic carbocycles. The zero-order chi connectivity index (χ0) is 15.3. The fourth-order valence-electron chi connectivity index (χ4n) is 2.17. The molecule has 1 aromatic heterocycles. The van der Waals surface area contributed by atoms with Gasteiger partial charge in [-0.05, 0) is 50.8 Å². The maximum absolute atomic E-state index is 4.65. The van der Waals surface area contributed by atoms with Crippen LogP contribution in [0.2, 0.25) is 0 Å². The first-order chi connectivity index (χ1) is 9.23. The Morgan fingerprint density at radius 3 is 2.50 bits per heavy atom. The van der Waals surface area contributed by atoms with Crippen molar-refractivity contribution in [2.45, 2.75) is 60.0 Å². The molecule has 1 N–H and O–H groups in total. The lowest BCUT2D eigenvalue weighted by atomic mass is 10.1. The number of aryl methyl sites for hydroxylation is 1. The van der Waals surface area contributed by atoms with Gasteiger partial charge in [0.25, 0.3) is 0 Å². The van der Waals surface area contributed by atoms with E-state index in [1.807, 2.05) is 6.20 Å². The molecule has 0 radical (unpaired) electrons. The first-order valence-electron chi connectivity index (χ1n) is 7.64. The van der Waals surface area contributed by atoms with E-state index >= 15 is 0 Å². The lowest BCUT2D eigenvalue weighted by Gasteiger charge is -2.24. The summed E-state index contributed by atoms with van der Waals surface area (Å²) in [6.45, 7) is 15.1. The van der Waals surface area contributed by atoms with Crippen LogP contribution < -0.4 is 10.2 Å². The molecule has 1 unspecified atom stereocenters. The van der Waals surface area contributed by atoms with Crippen molar-refractivity contribution in [3.63, 3.8) is 0 Å². The van der Waals surface area contributed by atoms with E-state index in [0.29, 0.717) is 5.92 Å². The summed E-state index contributed by atoms with van der Waals surface area (Å²) in [4.78, 5) is 6.92. The summed E-state index contributed by atoms with van der Waals surface area (Å²) < 4.78 is 0.